The van der Waals surface area contributed by atoms with Gasteiger partial charge in [0.25, 0.3) is 11.1 Å². The summed E-state index contributed by atoms with van der Waals surface area (Å²) in [6, 6.07) is 20.4. The average molecular weight is 711 g/mol. The van der Waals surface area contributed by atoms with Gasteiger partial charge in [0.1, 0.15) is 16.5 Å². The first-order valence-corrected chi connectivity index (χ1v) is 18.2. The largest absolute Gasteiger partial charge is 0.334 e. The van der Waals surface area contributed by atoms with E-state index in [0.29, 0.717) is 60.0 Å². The zero-order chi connectivity index (χ0) is 36.1. The molecule has 0 radical (unpaired) electrons. The lowest BCUT2D eigenvalue weighted by atomic mass is 10.0. The summed E-state index contributed by atoms with van der Waals surface area (Å²) in [6.45, 7) is 7.72. The fraction of sp³-hybridized carbons (Fsp3) is 0.263. The van der Waals surface area contributed by atoms with Gasteiger partial charge in [0.2, 0.25) is 10.0 Å². The number of halogens is 1. The van der Waals surface area contributed by atoms with Crippen LogP contribution < -0.4 is 21.8 Å². The maximum Gasteiger partial charge on any atom is 0.272 e. The van der Waals surface area contributed by atoms with E-state index in [1.54, 1.807) is 71.3 Å². The third kappa shape index (κ3) is 8.22. The van der Waals surface area contributed by atoms with Crippen LogP contribution in [0, 0.1) is 5.82 Å². The molecule has 11 nitrogen and oxygen atoms in total. The molecule has 0 atom stereocenters. The Morgan fingerprint density at radius 1 is 0.843 bits per heavy atom. The van der Waals surface area contributed by atoms with Crippen LogP contribution in [0.4, 0.5) is 4.39 Å². The van der Waals surface area contributed by atoms with Gasteiger partial charge in [-0.15, -0.1) is 0 Å². The molecule has 0 saturated carbocycles. The first kappa shape index (κ1) is 35.6. The van der Waals surface area contributed by atoms with Gasteiger partial charge < -0.3 is 19.4 Å². The number of imidazole rings is 1. The summed E-state index contributed by atoms with van der Waals surface area (Å²) < 4.78 is 42.9. The quantitative estimate of drug-likeness (QED) is 0.201. The van der Waals surface area contributed by atoms with Crippen molar-refractivity contribution in [2.24, 2.45) is 0 Å². The van der Waals surface area contributed by atoms with Crippen LogP contribution in [0.2, 0.25) is 0 Å². The number of nitrogens with zero attached hydrogens (tertiary/aromatic N) is 4. The summed E-state index contributed by atoms with van der Waals surface area (Å²) >= 11 is 0. The Bertz CT molecular complexity index is 2380. The molecular weight excluding hydrogens is 672 g/mol. The van der Waals surface area contributed by atoms with Crippen molar-refractivity contribution in [2.45, 2.75) is 37.6 Å². The van der Waals surface area contributed by atoms with E-state index in [-0.39, 0.29) is 22.4 Å². The molecule has 6 rings (SSSR count). The number of H-pyrrole nitrogens is 2. The van der Waals surface area contributed by atoms with Crippen molar-refractivity contribution in [3.63, 3.8) is 0 Å². The molecule has 3 heterocycles. The van der Waals surface area contributed by atoms with Crippen LogP contribution >= 0.6 is 0 Å². The normalized spacial score (nSPS) is 15.1. The molecule has 0 spiro atoms. The topological polar surface area (TPSA) is 141 Å². The Kier molecular flexibility index (Phi) is 10.7. The second kappa shape index (κ2) is 15.3. The van der Waals surface area contributed by atoms with Gasteiger partial charge in [-0.05, 0) is 79.1 Å². The van der Waals surface area contributed by atoms with E-state index in [0.717, 1.165) is 18.7 Å². The summed E-state index contributed by atoms with van der Waals surface area (Å²) in [5, 5.41) is 0.0875. The van der Waals surface area contributed by atoms with Crippen LogP contribution in [-0.2, 0) is 16.6 Å². The number of piperazine rings is 1. The molecule has 0 amide bonds. The summed E-state index contributed by atoms with van der Waals surface area (Å²) in [7, 11) is -3.50. The van der Waals surface area contributed by atoms with Gasteiger partial charge in [0, 0.05) is 49.5 Å². The van der Waals surface area contributed by atoms with Gasteiger partial charge >= 0.3 is 0 Å². The van der Waals surface area contributed by atoms with Crippen LogP contribution in [0.5, 0.6) is 0 Å². The number of carbonyl (C=O) groups excluding carboxylic acids is 1. The summed E-state index contributed by atoms with van der Waals surface area (Å²) in [6.07, 6.45) is 5.62. The van der Waals surface area contributed by atoms with Crippen LogP contribution in [0.1, 0.15) is 59.1 Å². The number of aromatic nitrogens is 4. The molecule has 0 aliphatic carbocycles. The Labute approximate surface area is 294 Å². The van der Waals surface area contributed by atoms with E-state index in [1.165, 1.54) is 30.3 Å². The molecule has 1 fully saturated rings. The molecule has 1 aliphatic rings. The van der Waals surface area contributed by atoms with Crippen molar-refractivity contribution in [3.05, 3.63) is 150 Å². The highest BCUT2D eigenvalue weighted by Crippen LogP contribution is 2.21. The first-order valence-electron chi connectivity index (χ1n) is 16.8. The molecule has 13 heteroatoms. The van der Waals surface area contributed by atoms with E-state index in [4.69, 9.17) is 0 Å². The van der Waals surface area contributed by atoms with Crippen LogP contribution in [0.15, 0.2) is 99.7 Å². The maximum absolute atomic E-state index is 13.3. The van der Waals surface area contributed by atoms with E-state index >= 15 is 0 Å². The second-order valence-corrected chi connectivity index (χ2v) is 14.7. The lowest BCUT2D eigenvalue weighted by molar-refractivity contribution is 0.103. The Morgan fingerprint density at radius 3 is 2.18 bits per heavy atom. The van der Waals surface area contributed by atoms with Crippen molar-refractivity contribution in [3.8, 4) is 0 Å². The number of rotatable bonds is 11. The standard InChI is InChI=1S/C38H39FN6O5S/c1-26(2)35-32(40-25-44(35)17-7-16-43-18-20-45(21-19-43)51(49,50)31-10-4-3-5-11-31)24-34-38(48)41-33(37(47)42-34)23-27-8-6-9-29(22-27)36(46)28-12-14-30(39)15-13-28/h3-6,8-15,22-26H,7,16-21H2,1-2H3,(H,41,48)(H,42,47)/b33-23-,34-24-. The molecular formula is C38H39FN6O5S. The highest BCUT2D eigenvalue weighted by Gasteiger charge is 2.28. The number of carbonyl (C=O) groups is 1. The van der Waals surface area contributed by atoms with Crippen molar-refractivity contribution in [2.75, 3.05) is 32.7 Å². The van der Waals surface area contributed by atoms with Crippen molar-refractivity contribution >= 4 is 28.0 Å². The molecule has 2 aromatic heterocycles. The van der Waals surface area contributed by atoms with Crippen LogP contribution in [0.25, 0.3) is 12.2 Å². The van der Waals surface area contributed by atoms with Gasteiger partial charge in [-0.3, -0.25) is 14.4 Å². The van der Waals surface area contributed by atoms with Crippen LogP contribution in [0.3, 0.4) is 0 Å². The number of aromatic amines is 2. The molecule has 0 unspecified atom stereocenters. The Balaban J connectivity index is 1.13. The zero-order valence-corrected chi connectivity index (χ0v) is 29.2. The summed E-state index contributed by atoms with van der Waals surface area (Å²) in [5.41, 5.74) is 1.70. The molecule has 2 N–H and O–H groups in total. The molecule has 0 bridgehead atoms. The predicted octanol–water partition coefficient (Wildman–Crippen LogP) is 2.81. The number of ketones is 1. The van der Waals surface area contributed by atoms with Crippen LogP contribution in [-0.4, -0.2) is 75.6 Å². The van der Waals surface area contributed by atoms with E-state index in [2.05, 4.69) is 24.4 Å². The predicted molar refractivity (Wildman–Crippen MR) is 193 cm³/mol. The van der Waals surface area contributed by atoms with Gasteiger partial charge in [-0.2, -0.15) is 4.31 Å². The fourth-order valence-electron chi connectivity index (χ4n) is 6.26. The summed E-state index contributed by atoms with van der Waals surface area (Å²) in [4.78, 5) is 51.6. The maximum atomic E-state index is 13.3. The van der Waals surface area contributed by atoms with Gasteiger partial charge in [-0.25, -0.2) is 17.8 Å². The molecule has 3 aromatic carbocycles. The monoisotopic (exact) mass is 710 g/mol. The second-order valence-electron chi connectivity index (χ2n) is 12.8. The molecule has 5 aromatic rings. The average Bonchev–Trinajstić information content (AvgIpc) is 3.53. The van der Waals surface area contributed by atoms with Gasteiger partial charge in [-0.1, -0.05) is 50.2 Å². The molecule has 1 saturated heterocycles. The van der Waals surface area contributed by atoms with Crippen molar-refractivity contribution < 1.29 is 17.6 Å². The van der Waals surface area contributed by atoms with Crippen molar-refractivity contribution in [1.29, 1.82) is 0 Å². The lowest BCUT2D eigenvalue weighted by Crippen LogP contribution is -2.48. The van der Waals surface area contributed by atoms with Crippen molar-refractivity contribution in [1.82, 2.24) is 28.7 Å². The minimum atomic E-state index is -3.50. The number of nitrogens with one attached hydrogen (secondary N) is 2. The van der Waals surface area contributed by atoms with Gasteiger partial charge in [0.05, 0.1) is 16.9 Å². The zero-order valence-electron chi connectivity index (χ0n) is 28.4. The Morgan fingerprint density at radius 2 is 1.51 bits per heavy atom. The number of benzene rings is 3. The van der Waals surface area contributed by atoms with E-state index in [1.807, 2.05) is 13.8 Å². The highest BCUT2D eigenvalue weighted by molar-refractivity contribution is 7.89. The highest BCUT2D eigenvalue weighted by atomic mass is 32.2. The smallest absolute Gasteiger partial charge is 0.272 e. The Hall–Kier alpha value is -5.24. The third-order valence-electron chi connectivity index (χ3n) is 8.87. The number of hydrogen-bond donors (Lipinski definition) is 2. The minimum Gasteiger partial charge on any atom is -0.334 e. The number of sulfonamides is 1. The number of aryl methyl sites for hydroxylation is 1. The summed E-state index contributed by atoms with van der Waals surface area (Å²) in [5.74, 6) is -0.660. The van der Waals surface area contributed by atoms with Gasteiger partial charge in [0.15, 0.2) is 5.78 Å². The van der Waals surface area contributed by atoms with E-state index in [9.17, 15) is 27.2 Å². The lowest BCUT2D eigenvalue weighted by Gasteiger charge is -2.34. The first-order chi connectivity index (χ1) is 24.5. The third-order valence-corrected chi connectivity index (χ3v) is 10.8. The molecule has 51 heavy (non-hydrogen) atoms. The molecule has 264 valence electrons. The van der Waals surface area contributed by atoms with E-state index < -0.39 is 27.0 Å². The SMILES string of the molecule is CC(C)c1c(/C=c2\[nH]c(=O)/c(=C/c3cccc(C(=O)c4ccc(F)cc4)c3)[nH]c2=O)ncn1CCCN1CCN(S(=O)(=O)c2ccccc2)CC1. The minimum absolute atomic E-state index is 0.0247. The fourth-order valence-corrected chi connectivity index (χ4v) is 7.70. The number of hydrogen-bond acceptors (Lipinski definition) is 7. The molecule has 1 aliphatic heterocycles.